The SMILES string of the molecule is CCC1=CC(OCC(=O)N2CCN(C(=O)c3cccc(OC)c3OC)CC2)=CCC1. The summed E-state index contributed by atoms with van der Waals surface area (Å²) in [4.78, 5) is 29.0. The molecule has 2 aliphatic rings. The van der Waals surface area contributed by atoms with E-state index in [1.54, 1.807) is 35.1 Å². The minimum atomic E-state index is -0.126. The highest BCUT2D eigenvalue weighted by Crippen LogP contribution is 2.31. The highest BCUT2D eigenvalue weighted by atomic mass is 16.5. The van der Waals surface area contributed by atoms with Crippen LogP contribution in [0.1, 0.15) is 36.5 Å². The van der Waals surface area contributed by atoms with Crippen LogP contribution in [0.2, 0.25) is 0 Å². The minimum absolute atomic E-state index is 0.0248. The fourth-order valence-electron chi connectivity index (χ4n) is 3.73. The molecule has 0 unspecified atom stereocenters. The number of rotatable bonds is 7. The average Bonchev–Trinajstić information content (AvgIpc) is 2.81. The van der Waals surface area contributed by atoms with Gasteiger partial charge in [-0.1, -0.05) is 18.6 Å². The Bertz CT molecular complexity index is 838. The fraction of sp³-hybridized carbons (Fsp3) is 0.478. The monoisotopic (exact) mass is 414 g/mol. The number of carbonyl (C=O) groups excluding carboxylic acids is 2. The molecule has 1 aliphatic heterocycles. The zero-order chi connectivity index (χ0) is 21.5. The molecule has 0 aromatic heterocycles. The van der Waals surface area contributed by atoms with Crippen molar-refractivity contribution in [2.45, 2.75) is 26.2 Å². The minimum Gasteiger partial charge on any atom is -0.493 e. The van der Waals surface area contributed by atoms with Gasteiger partial charge in [0.25, 0.3) is 11.8 Å². The summed E-state index contributed by atoms with van der Waals surface area (Å²) in [6, 6.07) is 5.25. The summed E-state index contributed by atoms with van der Waals surface area (Å²) in [5.41, 5.74) is 1.81. The third-order valence-electron chi connectivity index (χ3n) is 5.53. The highest BCUT2D eigenvalue weighted by Gasteiger charge is 2.27. The molecule has 162 valence electrons. The first-order valence-corrected chi connectivity index (χ1v) is 10.4. The highest BCUT2D eigenvalue weighted by molar-refractivity contribution is 5.98. The average molecular weight is 415 g/mol. The number of hydrogen-bond acceptors (Lipinski definition) is 5. The summed E-state index contributed by atoms with van der Waals surface area (Å²) >= 11 is 0. The molecule has 0 atom stereocenters. The van der Waals surface area contributed by atoms with Gasteiger partial charge < -0.3 is 24.0 Å². The number of piperazine rings is 1. The van der Waals surface area contributed by atoms with Gasteiger partial charge in [-0.3, -0.25) is 9.59 Å². The van der Waals surface area contributed by atoms with Gasteiger partial charge in [0.1, 0.15) is 5.76 Å². The van der Waals surface area contributed by atoms with Gasteiger partial charge in [-0.05, 0) is 43.5 Å². The molecule has 7 heteroatoms. The first kappa shape index (κ1) is 21.7. The van der Waals surface area contributed by atoms with Crippen LogP contribution in [0.25, 0.3) is 0 Å². The van der Waals surface area contributed by atoms with Gasteiger partial charge in [-0.15, -0.1) is 0 Å². The van der Waals surface area contributed by atoms with Gasteiger partial charge in [0, 0.05) is 26.2 Å². The first-order valence-electron chi connectivity index (χ1n) is 10.4. The Labute approximate surface area is 177 Å². The Morgan fingerprint density at radius 1 is 1.03 bits per heavy atom. The lowest BCUT2D eigenvalue weighted by atomic mass is 10.0. The smallest absolute Gasteiger partial charge is 0.260 e. The van der Waals surface area contributed by atoms with E-state index < -0.39 is 0 Å². The van der Waals surface area contributed by atoms with Crippen molar-refractivity contribution in [3.63, 3.8) is 0 Å². The van der Waals surface area contributed by atoms with Crippen molar-refractivity contribution >= 4 is 11.8 Å². The Balaban J connectivity index is 1.53. The molecule has 0 spiro atoms. The van der Waals surface area contributed by atoms with Crippen LogP contribution in [0.5, 0.6) is 11.5 Å². The zero-order valence-corrected chi connectivity index (χ0v) is 18.0. The molecule has 1 heterocycles. The van der Waals surface area contributed by atoms with Gasteiger partial charge in [0.15, 0.2) is 18.1 Å². The molecule has 1 aliphatic carbocycles. The Kier molecular flexibility index (Phi) is 7.38. The topological polar surface area (TPSA) is 68.3 Å². The Morgan fingerprint density at radius 3 is 2.43 bits per heavy atom. The standard InChI is InChI=1S/C23H30N2O5/c1-4-17-7-5-8-18(15-17)30-16-21(26)24-11-13-25(14-12-24)23(27)19-9-6-10-20(28-2)22(19)29-3/h6,8-10,15H,4-5,7,11-14,16H2,1-3H3. The van der Waals surface area contributed by atoms with Crippen molar-refractivity contribution in [3.8, 4) is 11.5 Å². The van der Waals surface area contributed by atoms with Gasteiger partial charge >= 0.3 is 0 Å². The molecule has 2 amide bonds. The normalized spacial score (nSPS) is 16.5. The predicted octanol–water partition coefficient (Wildman–Crippen LogP) is 3.02. The van der Waals surface area contributed by atoms with Crippen molar-refractivity contribution in [2.75, 3.05) is 47.0 Å². The van der Waals surface area contributed by atoms with Crippen molar-refractivity contribution in [1.82, 2.24) is 9.80 Å². The predicted molar refractivity (Wildman–Crippen MR) is 114 cm³/mol. The van der Waals surface area contributed by atoms with E-state index >= 15 is 0 Å². The molecule has 1 aromatic rings. The molecule has 0 bridgehead atoms. The maximum absolute atomic E-state index is 13.0. The van der Waals surface area contributed by atoms with E-state index in [0.717, 1.165) is 25.0 Å². The van der Waals surface area contributed by atoms with Crippen LogP contribution in [-0.4, -0.2) is 68.6 Å². The lowest BCUT2D eigenvalue weighted by molar-refractivity contribution is -0.136. The largest absolute Gasteiger partial charge is 0.493 e. The van der Waals surface area contributed by atoms with Crippen molar-refractivity contribution in [1.29, 1.82) is 0 Å². The number of allylic oxidation sites excluding steroid dienone is 3. The van der Waals surface area contributed by atoms with Gasteiger partial charge in [-0.25, -0.2) is 0 Å². The molecule has 0 N–H and O–H groups in total. The fourth-order valence-corrected chi connectivity index (χ4v) is 3.73. The molecular weight excluding hydrogens is 384 g/mol. The molecule has 0 saturated carbocycles. The quantitative estimate of drug-likeness (QED) is 0.686. The molecule has 0 radical (unpaired) electrons. The van der Waals surface area contributed by atoms with Crippen molar-refractivity contribution < 1.29 is 23.8 Å². The molecular formula is C23H30N2O5. The third kappa shape index (κ3) is 4.96. The van der Waals surface area contributed by atoms with Crippen LogP contribution in [0.4, 0.5) is 0 Å². The van der Waals surface area contributed by atoms with Crippen molar-refractivity contribution in [3.05, 3.63) is 47.2 Å². The summed E-state index contributed by atoms with van der Waals surface area (Å²) < 4.78 is 16.4. The van der Waals surface area contributed by atoms with Crippen LogP contribution in [0, 0.1) is 0 Å². The first-order chi connectivity index (χ1) is 14.6. The lowest BCUT2D eigenvalue weighted by Crippen LogP contribution is -2.51. The van der Waals surface area contributed by atoms with Gasteiger partial charge in [-0.2, -0.15) is 0 Å². The maximum atomic E-state index is 13.0. The van der Waals surface area contributed by atoms with E-state index in [2.05, 4.69) is 6.92 Å². The number of methoxy groups -OCH3 is 2. The number of hydrogen-bond donors (Lipinski definition) is 0. The molecule has 1 saturated heterocycles. The van der Waals surface area contributed by atoms with Crippen LogP contribution in [-0.2, 0) is 9.53 Å². The molecule has 1 fully saturated rings. The lowest BCUT2D eigenvalue weighted by Gasteiger charge is -2.35. The third-order valence-corrected chi connectivity index (χ3v) is 5.53. The van der Waals surface area contributed by atoms with E-state index in [0.29, 0.717) is 43.2 Å². The second kappa shape index (κ2) is 10.2. The van der Waals surface area contributed by atoms with E-state index in [1.165, 1.54) is 12.7 Å². The number of para-hydroxylation sites is 1. The number of nitrogens with zero attached hydrogens (tertiary/aromatic N) is 2. The Hall–Kier alpha value is -2.96. The number of ether oxygens (including phenoxy) is 3. The summed E-state index contributed by atoms with van der Waals surface area (Å²) in [5, 5.41) is 0. The molecule has 30 heavy (non-hydrogen) atoms. The van der Waals surface area contributed by atoms with Crippen LogP contribution in [0.3, 0.4) is 0 Å². The second-order valence-electron chi connectivity index (χ2n) is 7.30. The molecule has 7 nitrogen and oxygen atoms in total. The summed E-state index contributed by atoms with van der Waals surface area (Å²) in [6.45, 7) is 4.05. The van der Waals surface area contributed by atoms with Gasteiger partial charge in [0.2, 0.25) is 0 Å². The summed E-state index contributed by atoms with van der Waals surface area (Å²) in [7, 11) is 3.06. The second-order valence-corrected chi connectivity index (χ2v) is 7.30. The van der Waals surface area contributed by atoms with Crippen LogP contribution >= 0.6 is 0 Å². The number of amides is 2. The number of carbonyl (C=O) groups is 2. The maximum Gasteiger partial charge on any atom is 0.260 e. The van der Waals surface area contributed by atoms with Gasteiger partial charge in [0.05, 0.1) is 19.8 Å². The Morgan fingerprint density at radius 2 is 1.77 bits per heavy atom. The van der Waals surface area contributed by atoms with E-state index in [-0.39, 0.29) is 18.4 Å². The zero-order valence-electron chi connectivity index (χ0n) is 18.0. The van der Waals surface area contributed by atoms with E-state index in [4.69, 9.17) is 14.2 Å². The summed E-state index contributed by atoms with van der Waals surface area (Å²) in [6.07, 6.45) is 7.09. The molecule has 3 rings (SSSR count). The van der Waals surface area contributed by atoms with Crippen LogP contribution in [0.15, 0.2) is 41.7 Å². The van der Waals surface area contributed by atoms with Crippen molar-refractivity contribution in [2.24, 2.45) is 0 Å². The molecule has 1 aromatic carbocycles. The van der Waals surface area contributed by atoms with E-state index in [9.17, 15) is 9.59 Å². The van der Waals surface area contributed by atoms with E-state index in [1.807, 2.05) is 12.2 Å². The number of benzene rings is 1. The summed E-state index contributed by atoms with van der Waals surface area (Å²) in [5.74, 6) is 1.55. The van der Waals surface area contributed by atoms with Crippen LogP contribution < -0.4 is 9.47 Å².